The lowest BCUT2D eigenvalue weighted by Crippen LogP contribution is -2.32. The third-order valence-electron chi connectivity index (χ3n) is 3.63. The number of hydrogen-bond donors (Lipinski definition) is 0. The van der Waals surface area contributed by atoms with Gasteiger partial charge in [-0.25, -0.2) is 0 Å². The van der Waals surface area contributed by atoms with E-state index in [1.807, 2.05) is 42.5 Å². The number of pyridine rings is 1. The third-order valence-corrected chi connectivity index (χ3v) is 3.63. The van der Waals surface area contributed by atoms with Crippen LogP contribution in [0.4, 0.5) is 0 Å². The summed E-state index contributed by atoms with van der Waals surface area (Å²) in [5, 5.41) is 13.1. The van der Waals surface area contributed by atoms with Crippen LogP contribution in [-0.4, -0.2) is 5.78 Å². The summed E-state index contributed by atoms with van der Waals surface area (Å²) in [5.41, 5.74) is 2.64. The molecule has 0 saturated carbocycles. The number of ketones is 1. The van der Waals surface area contributed by atoms with Crippen molar-refractivity contribution < 1.29 is 9.52 Å². The smallest absolute Gasteiger partial charge is 0.227 e. The van der Waals surface area contributed by atoms with E-state index in [1.165, 1.54) is 0 Å². The van der Waals surface area contributed by atoms with Crippen molar-refractivity contribution in [1.82, 2.24) is 0 Å². The Balaban J connectivity index is 2.05. The fourth-order valence-corrected chi connectivity index (χ4v) is 2.49. The van der Waals surface area contributed by atoms with Crippen molar-refractivity contribution in [2.75, 3.05) is 0 Å². The Morgan fingerprint density at radius 2 is 1.76 bits per heavy atom. The molecular formula is C18H15NO2. The Labute approximate surface area is 123 Å². The largest absolute Gasteiger partial charge is 0.618 e. The number of fused-ring (bicyclic) bond motifs is 1. The number of nitrogens with zero attached hydrogens (tertiary/aromatic N) is 1. The first kappa shape index (κ1) is 13.3. The number of benzene rings is 2. The summed E-state index contributed by atoms with van der Waals surface area (Å²) in [7, 11) is 0. The number of aryl methyl sites for hydroxylation is 1. The number of rotatable bonds is 3. The molecule has 3 aromatic rings. The molecule has 0 saturated heterocycles. The Kier molecular flexibility index (Phi) is 3.40. The third kappa shape index (κ3) is 2.50. The van der Waals surface area contributed by atoms with Crippen molar-refractivity contribution in [2.24, 2.45) is 0 Å². The highest BCUT2D eigenvalue weighted by atomic mass is 16.5. The molecule has 21 heavy (non-hydrogen) atoms. The first-order valence-corrected chi connectivity index (χ1v) is 6.86. The Morgan fingerprint density at radius 1 is 1.00 bits per heavy atom. The molecule has 0 aliphatic carbocycles. The van der Waals surface area contributed by atoms with Crippen LogP contribution >= 0.6 is 0 Å². The van der Waals surface area contributed by atoms with Crippen LogP contribution in [0.15, 0.2) is 60.7 Å². The van der Waals surface area contributed by atoms with Gasteiger partial charge in [0.15, 0.2) is 11.5 Å². The van der Waals surface area contributed by atoms with Gasteiger partial charge in [-0.1, -0.05) is 42.5 Å². The van der Waals surface area contributed by atoms with Crippen molar-refractivity contribution >= 4 is 16.7 Å². The van der Waals surface area contributed by atoms with E-state index < -0.39 is 0 Å². The molecule has 0 spiro atoms. The number of aromatic nitrogens is 1. The molecule has 1 heterocycles. The summed E-state index contributed by atoms with van der Waals surface area (Å²) in [6.45, 7) is 1.77. The summed E-state index contributed by atoms with van der Waals surface area (Å²) < 4.78 is 0.906. The molecule has 0 fully saturated rings. The van der Waals surface area contributed by atoms with Crippen LogP contribution in [0.2, 0.25) is 0 Å². The topological polar surface area (TPSA) is 44.0 Å². The maximum absolute atomic E-state index is 12.3. The van der Waals surface area contributed by atoms with Crippen molar-refractivity contribution in [3.63, 3.8) is 0 Å². The highest BCUT2D eigenvalue weighted by Gasteiger charge is 2.15. The average Bonchev–Trinajstić information content (AvgIpc) is 2.52. The van der Waals surface area contributed by atoms with Crippen molar-refractivity contribution in [2.45, 2.75) is 13.3 Å². The Bertz CT molecular complexity index is 810. The molecule has 3 rings (SSSR count). The fraction of sp³-hybridized carbons (Fsp3) is 0.111. The van der Waals surface area contributed by atoms with Gasteiger partial charge in [-0.3, -0.25) is 4.79 Å². The predicted molar refractivity (Wildman–Crippen MR) is 82.1 cm³/mol. The summed E-state index contributed by atoms with van der Waals surface area (Å²) >= 11 is 0. The summed E-state index contributed by atoms with van der Waals surface area (Å²) in [4.78, 5) is 12.3. The van der Waals surface area contributed by atoms with E-state index >= 15 is 0 Å². The molecule has 0 bridgehead atoms. The number of hydrogen-bond acceptors (Lipinski definition) is 2. The molecule has 1 aromatic heterocycles. The van der Waals surface area contributed by atoms with Crippen molar-refractivity contribution in [3.05, 3.63) is 82.7 Å². The lowest BCUT2D eigenvalue weighted by Gasteiger charge is -2.08. The van der Waals surface area contributed by atoms with Gasteiger partial charge in [-0.05, 0) is 12.1 Å². The van der Waals surface area contributed by atoms with Gasteiger partial charge in [0.25, 0.3) is 0 Å². The number of carbonyl (C=O) groups is 1. The van der Waals surface area contributed by atoms with E-state index in [2.05, 4.69) is 0 Å². The summed E-state index contributed by atoms with van der Waals surface area (Å²) in [6.07, 6.45) is 0.229. The standard InChI is InChI=1S/C18H15NO2/c1-13-10-11-15-8-5-9-16(18(15)19(13)21)12-17(20)14-6-3-2-4-7-14/h2-11H,12H2,1H3. The average molecular weight is 277 g/mol. The van der Waals surface area contributed by atoms with Crippen molar-refractivity contribution in [1.29, 1.82) is 0 Å². The van der Waals surface area contributed by atoms with Crippen LogP contribution in [0.3, 0.4) is 0 Å². The van der Waals surface area contributed by atoms with E-state index in [0.29, 0.717) is 16.8 Å². The predicted octanol–water partition coefficient (Wildman–Crippen LogP) is 3.21. The van der Waals surface area contributed by atoms with Gasteiger partial charge in [0.2, 0.25) is 5.52 Å². The lowest BCUT2D eigenvalue weighted by molar-refractivity contribution is -0.584. The van der Waals surface area contributed by atoms with Gasteiger partial charge in [0.05, 0.1) is 0 Å². The zero-order chi connectivity index (χ0) is 14.8. The first-order chi connectivity index (χ1) is 10.2. The van der Waals surface area contributed by atoms with Gasteiger partial charge in [0.1, 0.15) is 0 Å². The Morgan fingerprint density at radius 3 is 2.52 bits per heavy atom. The van der Waals surface area contributed by atoms with Crippen LogP contribution in [0.1, 0.15) is 21.6 Å². The van der Waals surface area contributed by atoms with Gasteiger partial charge >= 0.3 is 0 Å². The van der Waals surface area contributed by atoms with E-state index in [9.17, 15) is 10.0 Å². The first-order valence-electron chi connectivity index (χ1n) is 6.86. The second-order valence-electron chi connectivity index (χ2n) is 5.09. The minimum atomic E-state index is 0.0182. The van der Waals surface area contributed by atoms with Crippen LogP contribution in [0.25, 0.3) is 10.9 Å². The van der Waals surface area contributed by atoms with E-state index in [4.69, 9.17) is 0 Å². The summed E-state index contributed by atoms with van der Waals surface area (Å²) in [6, 6.07) is 18.5. The molecule has 0 radical (unpaired) electrons. The van der Waals surface area contributed by atoms with E-state index in [-0.39, 0.29) is 12.2 Å². The minimum Gasteiger partial charge on any atom is -0.618 e. The number of para-hydroxylation sites is 1. The molecule has 0 aliphatic heterocycles. The SMILES string of the molecule is Cc1ccc2cccc(CC(=O)c3ccccc3)c2[n+]1[O-]. The van der Waals surface area contributed by atoms with Gasteiger partial charge in [0, 0.05) is 35.9 Å². The van der Waals surface area contributed by atoms with E-state index in [0.717, 1.165) is 15.7 Å². The van der Waals surface area contributed by atoms with E-state index in [1.54, 1.807) is 25.1 Å². The lowest BCUT2D eigenvalue weighted by atomic mass is 10.0. The second kappa shape index (κ2) is 5.37. The molecule has 0 unspecified atom stereocenters. The number of carbonyl (C=O) groups excluding carboxylic acids is 1. The van der Waals surface area contributed by atoms with Crippen LogP contribution < -0.4 is 4.73 Å². The van der Waals surface area contributed by atoms with Crippen LogP contribution in [0, 0.1) is 12.1 Å². The molecule has 3 nitrogen and oxygen atoms in total. The maximum Gasteiger partial charge on any atom is 0.227 e. The van der Waals surface area contributed by atoms with Crippen molar-refractivity contribution in [3.8, 4) is 0 Å². The molecule has 0 aliphatic rings. The quantitative estimate of drug-likeness (QED) is 0.419. The molecule has 0 N–H and O–H groups in total. The molecule has 0 amide bonds. The van der Waals surface area contributed by atoms with Crippen LogP contribution in [-0.2, 0) is 6.42 Å². The monoisotopic (exact) mass is 277 g/mol. The van der Waals surface area contributed by atoms with Gasteiger partial charge < -0.3 is 5.21 Å². The highest BCUT2D eigenvalue weighted by Crippen LogP contribution is 2.18. The molecule has 104 valence electrons. The normalized spacial score (nSPS) is 10.7. The van der Waals surface area contributed by atoms with Crippen LogP contribution in [0.5, 0.6) is 0 Å². The maximum atomic E-state index is 12.3. The fourth-order valence-electron chi connectivity index (χ4n) is 2.49. The summed E-state index contributed by atoms with van der Waals surface area (Å²) in [5.74, 6) is 0.0182. The van der Waals surface area contributed by atoms with Gasteiger partial charge in [-0.2, -0.15) is 4.73 Å². The zero-order valence-electron chi connectivity index (χ0n) is 11.7. The highest BCUT2D eigenvalue weighted by molar-refractivity contribution is 5.99. The number of Topliss-reactive ketones (excluding diaryl/α,β-unsaturated/α-hetero) is 1. The van der Waals surface area contributed by atoms with Gasteiger partial charge in [-0.15, -0.1) is 0 Å². The molecule has 0 atom stereocenters. The molecule has 3 heteroatoms. The second-order valence-corrected chi connectivity index (χ2v) is 5.09. The Hall–Kier alpha value is -2.68. The zero-order valence-corrected chi connectivity index (χ0v) is 11.7. The molecule has 2 aromatic carbocycles. The minimum absolute atomic E-state index is 0.0182. The molecular weight excluding hydrogens is 262 g/mol.